The van der Waals surface area contributed by atoms with E-state index in [1.807, 2.05) is 121 Å². The van der Waals surface area contributed by atoms with Crippen LogP contribution < -0.4 is 4.74 Å². The Morgan fingerprint density at radius 2 is 1.12 bits per heavy atom. The molecule has 1 N–H and O–H groups in total. The number of benzene rings is 5. The molecule has 0 bridgehead atoms. The molecular weight excluding hydrogens is 680 g/mol. The van der Waals surface area contributed by atoms with Crippen molar-refractivity contribution in [3.05, 3.63) is 172 Å². The van der Waals surface area contributed by atoms with E-state index in [0.29, 0.717) is 30.1 Å². The molecule has 9 heteroatoms. The Hall–Kier alpha value is -4.54. The fourth-order valence-corrected chi connectivity index (χ4v) is 6.58. The number of hydrogen-bond donors (Lipinski definition) is 1. The number of carboxylic acids is 1. The molecule has 1 saturated heterocycles. The predicted octanol–water partition coefficient (Wildman–Crippen LogP) is 8.39. The summed E-state index contributed by atoms with van der Waals surface area (Å²) in [5.74, 6) is -0.572. The minimum Gasteiger partial charge on any atom is -0.496 e. The lowest BCUT2D eigenvalue weighted by Crippen LogP contribution is -2.58. The van der Waals surface area contributed by atoms with Gasteiger partial charge < -0.3 is 33.5 Å². The molecule has 270 valence electrons. The third-order valence-electron chi connectivity index (χ3n) is 8.93. The molecule has 8 nitrogen and oxygen atoms in total. The highest BCUT2D eigenvalue weighted by Crippen LogP contribution is 2.43. The molecule has 5 aromatic carbocycles. The van der Waals surface area contributed by atoms with Gasteiger partial charge in [0.2, 0.25) is 0 Å². The van der Waals surface area contributed by atoms with Gasteiger partial charge in [0.1, 0.15) is 36.3 Å². The molecule has 0 saturated carbocycles. The van der Waals surface area contributed by atoms with Crippen LogP contribution in [0.2, 0.25) is 5.02 Å². The lowest BCUT2D eigenvalue weighted by atomic mass is 9.89. The van der Waals surface area contributed by atoms with Gasteiger partial charge in [0, 0.05) is 10.6 Å². The van der Waals surface area contributed by atoms with E-state index in [9.17, 15) is 9.90 Å². The smallest absolute Gasteiger partial charge is 0.307 e. The number of hydrogen-bond acceptors (Lipinski definition) is 7. The molecule has 0 aliphatic carbocycles. The van der Waals surface area contributed by atoms with Crippen LogP contribution in [-0.4, -0.2) is 49.2 Å². The monoisotopic (exact) mass is 722 g/mol. The van der Waals surface area contributed by atoms with Gasteiger partial charge in [-0.3, -0.25) is 4.79 Å². The maximum atomic E-state index is 11.9. The summed E-state index contributed by atoms with van der Waals surface area (Å²) < 4.78 is 39.6. The average molecular weight is 723 g/mol. The first-order chi connectivity index (χ1) is 25.5. The molecule has 0 aromatic heterocycles. The van der Waals surface area contributed by atoms with E-state index in [-0.39, 0.29) is 31.3 Å². The van der Waals surface area contributed by atoms with Crippen molar-refractivity contribution in [2.45, 2.75) is 63.4 Å². The highest BCUT2D eigenvalue weighted by atomic mass is 35.5. The SMILES string of the molecule is COc1cc(Cl)c(CC(=O)O)cc1[C@@H]1O[C@H](COCc2ccccc2)[C@@H](OCc2ccccc2)[C@H](OCc2ccccc2)[C@H]1OCc1ccccc1. The highest BCUT2D eigenvalue weighted by molar-refractivity contribution is 6.31. The molecule has 0 spiro atoms. The lowest BCUT2D eigenvalue weighted by molar-refractivity contribution is -0.275. The van der Waals surface area contributed by atoms with Crippen molar-refractivity contribution in [1.82, 2.24) is 0 Å². The molecule has 1 fully saturated rings. The van der Waals surface area contributed by atoms with Crippen LogP contribution in [0, 0.1) is 0 Å². The van der Waals surface area contributed by atoms with Gasteiger partial charge in [-0.2, -0.15) is 0 Å². The maximum absolute atomic E-state index is 11.9. The predicted molar refractivity (Wildman–Crippen MR) is 198 cm³/mol. The van der Waals surface area contributed by atoms with Gasteiger partial charge in [-0.05, 0) is 39.9 Å². The van der Waals surface area contributed by atoms with Crippen LogP contribution in [0.1, 0.15) is 39.5 Å². The van der Waals surface area contributed by atoms with Crippen LogP contribution in [0.4, 0.5) is 0 Å². The third kappa shape index (κ3) is 10.1. The molecular formula is C43H43ClO8. The number of ether oxygens (including phenoxy) is 6. The normalized spacial score (nSPS) is 20.0. The highest BCUT2D eigenvalue weighted by Gasteiger charge is 2.50. The molecule has 5 aromatic rings. The standard InChI is InChI=1S/C43H43ClO8/c1-47-37-24-36(44)34(23-39(45)46)22-35(37)40-42(50-27-32-18-10-4-11-19-32)43(51-28-33-20-12-5-13-21-33)41(49-26-31-16-8-3-9-17-31)38(52-40)29-48-25-30-14-6-2-7-15-30/h2-22,24,38,40-43H,23,25-29H2,1H3,(H,45,46)/t38-,40+,41-,42+,43+/m1/s1. The second kappa shape index (κ2) is 18.8. The summed E-state index contributed by atoms with van der Waals surface area (Å²) in [7, 11) is 1.55. The van der Waals surface area contributed by atoms with Gasteiger partial charge in [-0.25, -0.2) is 0 Å². The van der Waals surface area contributed by atoms with Crippen molar-refractivity contribution in [3.8, 4) is 5.75 Å². The molecule has 0 radical (unpaired) electrons. The topological polar surface area (TPSA) is 92.7 Å². The van der Waals surface area contributed by atoms with Crippen LogP contribution in [0.3, 0.4) is 0 Å². The van der Waals surface area contributed by atoms with Gasteiger partial charge >= 0.3 is 5.97 Å². The zero-order chi connectivity index (χ0) is 36.1. The van der Waals surface area contributed by atoms with Gasteiger partial charge in [0.05, 0.1) is 46.6 Å². The Kier molecular flexibility index (Phi) is 13.5. The summed E-state index contributed by atoms with van der Waals surface area (Å²) in [5, 5.41) is 10.0. The fourth-order valence-electron chi connectivity index (χ4n) is 6.36. The lowest BCUT2D eigenvalue weighted by Gasteiger charge is -2.46. The van der Waals surface area contributed by atoms with Gasteiger partial charge in [-0.15, -0.1) is 0 Å². The fraction of sp³-hybridized carbons (Fsp3) is 0.279. The van der Waals surface area contributed by atoms with E-state index >= 15 is 0 Å². The Labute approximate surface area is 309 Å². The molecule has 1 heterocycles. The Morgan fingerprint density at radius 1 is 0.654 bits per heavy atom. The Balaban J connectivity index is 1.42. The van der Waals surface area contributed by atoms with Crippen molar-refractivity contribution in [2.75, 3.05) is 13.7 Å². The summed E-state index contributed by atoms with van der Waals surface area (Å²) in [4.78, 5) is 11.9. The van der Waals surface area contributed by atoms with Crippen LogP contribution >= 0.6 is 11.6 Å². The molecule has 1 aliphatic rings. The second-order valence-corrected chi connectivity index (χ2v) is 13.0. The van der Waals surface area contributed by atoms with Crippen molar-refractivity contribution < 1.29 is 38.3 Å². The maximum Gasteiger partial charge on any atom is 0.307 e. The number of carbonyl (C=O) groups is 1. The summed E-state index contributed by atoms with van der Waals surface area (Å²) in [6, 6.07) is 43.0. The molecule has 6 rings (SSSR count). The first-order valence-electron chi connectivity index (χ1n) is 17.3. The van der Waals surface area contributed by atoms with Crippen molar-refractivity contribution in [2.24, 2.45) is 0 Å². The third-order valence-corrected chi connectivity index (χ3v) is 9.28. The first-order valence-corrected chi connectivity index (χ1v) is 17.7. The van der Waals surface area contributed by atoms with E-state index < -0.39 is 36.5 Å². The van der Waals surface area contributed by atoms with Crippen molar-refractivity contribution in [1.29, 1.82) is 0 Å². The second-order valence-electron chi connectivity index (χ2n) is 12.6. The van der Waals surface area contributed by atoms with Gasteiger partial charge in [-0.1, -0.05) is 133 Å². The van der Waals surface area contributed by atoms with Crippen LogP contribution in [0.5, 0.6) is 5.75 Å². The average Bonchev–Trinajstić information content (AvgIpc) is 3.18. The van der Waals surface area contributed by atoms with E-state index in [1.54, 1.807) is 19.2 Å². The zero-order valence-electron chi connectivity index (χ0n) is 29.0. The van der Waals surface area contributed by atoms with E-state index in [0.717, 1.165) is 22.3 Å². The first kappa shape index (κ1) is 37.2. The van der Waals surface area contributed by atoms with Crippen LogP contribution in [0.25, 0.3) is 0 Å². The largest absolute Gasteiger partial charge is 0.496 e. The number of halogens is 1. The quantitative estimate of drug-likeness (QED) is 0.102. The van der Waals surface area contributed by atoms with E-state index in [1.165, 1.54) is 0 Å². The molecule has 0 amide bonds. The molecule has 1 aliphatic heterocycles. The summed E-state index contributed by atoms with van der Waals surface area (Å²) >= 11 is 6.58. The summed E-state index contributed by atoms with van der Waals surface area (Å²) in [6.07, 6.45) is -3.72. The van der Waals surface area contributed by atoms with Gasteiger partial charge in [0.25, 0.3) is 0 Å². The van der Waals surface area contributed by atoms with E-state index in [4.69, 9.17) is 40.0 Å². The number of aliphatic carboxylic acids is 1. The van der Waals surface area contributed by atoms with Crippen LogP contribution in [0.15, 0.2) is 133 Å². The summed E-state index contributed by atoms with van der Waals surface area (Å²) in [6.45, 7) is 1.40. The molecule has 5 atom stereocenters. The molecule has 0 unspecified atom stereocenters. The Bertz CT molecular complexity index is 1820. The Morgan fingerprint density at radius 3 is 1.60 bits per heavy atom. The number of rotatable bonds is 17. The number of methoxy groups -OCH3 is 1. The van der Waals surface area contributed by atoms with Crippen LogP contribution in [-0.2, 0) is 61.3 Å². The number of carboxylic acid groups (broad SMARTS) is 1. The van der Waals surface area contributed by atoms with Crippen molar-refractivity contribution >= 4 is 17.6 Å². The van der Waals surface area contributed by atoms with Gasteiger partial charge in [0.15, 0.2) is 0 Å². The zero-order valence-corrected chi connectivity index (χ0v) is 29.8. The molecule has 52 heavy (non-hydrogen) atoms. The minimum absolute atomic E-state index is 0.180. The van der Waals surface area contributed by atoms with E-state index in [2.05, 4.69) is 0 Å². The van der Waals surface area contributed by atoms with Crippen molar-refractivity contribution in [3.63, 3.8) is 0 Å². The summed E-state index contributed by atoms with van der Waals surface area (Å²) in [5.41, 5.74) is 4.98. The minimum atomic E-state index is -1.01.